The van der Waals surface area contributed by atoms with E-state index in [2.05, 4.69) is 0 Å². The summed E-state index contributed by atoms with van der Waals surface area (Å²) in [6, 6.07) is 3.71. The molecule has 1 fully saturated rings. The second kappa shape index (κ2) is 3.04. The van der Waals surface area contributed by atoms with Crippen LogP contribution in [0.5, 0.6) is 0 Å². The third kappa shape index (κ3) is 1.26. The Labute approximate surface area is 91.0 Å². The first kappa shape index (κ1) is 9.78. The van der Waals surface area contributed by atoms with Crippen molar-refractivity contribution in [2.45, 2.75) is 18.3 Å². The van der Waals surface area contributed by atoms with E-state index in [1.54, 1.807) is 6.07 Å². The van der Waals surface area contributed by atoms with Crippen LogP contribution in [0.3, 0.4) is 0 Å². The van der Waals surface area contributed by atoms with E-state index in [4.69, 9.17) is 10.2 Å². The van der Waals surface area contributed by atoms with Crippen molar-refractivity contribution in [1.29, 1.82) is 0 Å². The largest absolute Gasteiger partial charge is 0.460 e. The number of hydrogen-bond acceptors (Lipinski definition) is 2. The highest BCUT2D eigenvalue weighted by molar-refractivity contribution is 5.79. The van der Waals surface area contributed by atoms with Crippen LogP contribution in [0.1, 0.15) is 18.6 Å². The van der Waals surface area contributed by atoms with Crippen molar-refractivity contribution >= 4 is 11.0 Å². The molecule has 0 saturated heterocycles. The lowest BCUT2D eigenvalue weighted by molar-refractivity contribution is 0.480. The summed E-state index contributed by atoms with van der Waals surface area (Å²) in [5.41, 5.74) is 5.78. The average molecular weight is 223 g/mol. The lowest BCUT2D eigenvalue weighted by Gasteiger charge is -2.06. The Balaban J connectivity index is 2.20. The zero-order valence-corrected chi connectivity index (χ0v) is 8.59. The van der Waals surface area contributed by atoms with Crippen LogP contribution in [0, 0.1) is 11.6 Å². The molecule has 2 aromatic rings. The van der Waals surface area contributed by atoms with Crippen molar-refractivity contribution in [3.63, 3.8) is 0 Å². The molecule has 1 aliphatic rings. The van der Waals surface area contributed by atoms with Gasteiger partial charge in [0.25, 0.3) is 0 Å². The van der Waals surface area contributed by atoms with E-state index in [-0.39, 0.29) is 11.0 Å². The van der Waals surface area contributed by atoms with E-state index in [1.807, 2.05) is 0 Å². The molecule has 1 heterocycles. The molecule has 0 unspecified atom stereocenters. The van der Waals surface area contributed by atoms with Crippen molar-refractivity contribution < 1.29 is 13.2 Å². The van der Waals surface area contributed by atoms with Gasteiger partial charge in [0.1, 0.15) is 23.0 Å². The molecule has 1 saturated carbocycles. The van der Waals surface area contributed by atoms with Crippen molar-refractivity contribution in [2.75, 3.05) is 6.54 Å². The summed E-state index contributed by atoms with van der Waals surface area (Å²) in [4.78, 5) is 0. The number of rotatable bonds is 2. The van der Waals surface area contributed by atoms with Crippen LogP contribution in [0.2, 0.25) is 0 Å². The predicted molar refractivity (Wildman–Crippen MR) is 56.1 cm³/mol. The van der Waals surface area contributed by atoms with E-state index in [0.717, 1.165) is 18.9 Å². The van der Waals surface area contributed by atoms with Crippen molar-refractivity contribution in [3.05, 3.63) is 35.6 Å². The second-order valence-corrected chi connectivity index (χ2v) is 4.39. The van der Waals surface area contributed by atoms with E-state index in [1.165, 1.54) is 6.07 Å². The summed E-state index contributed by atoms with van der Waals surface area (Å²) in [5, 5.41) is 0.330. The van der Waals surface area contributed by atoms with Crippen LogP contribution in [0.15, 0.2) is 22.6 Å². The van der Waals surface area contributed by atoms with Gasteiger partial charge in [-0.25, -0.2) is 8.78 Å². The minimum atomic E-state index is -0.622. The lowest BCUT2D eigenvalue weighted by Crippen LogP contribution is -2.18. The van der Waals surface area contributed by atoms with Crippen LogP contribution in [0.4, 0.5) is 8.78 Å². The smallest absolute Gasteiger partial charge is 0.140 e. The molecule has 0 atom stereocenters. The predicted octanol–water partition coefficient (Wildman–Crippen LogP) is 2.70. The molecule has 16 heavy (non-hydrogen) atoms. The number of furan rings is 1. The molecule has 3 rings (SSSR count). The lowest BCUT2D eigenvalue weighted by atomic mass is 10.0. The molecule has 1 aliphatic carbocycles. The number of nitrogens with two attached hydrogens (primary N) is 1. The summed E-state index contributed by atoms with van der Waals surface area (Å²) >= 11 is 0. The highest BCUT2D eigenvalue weighted by Crippen LogP contribution is 2.48. The van der Waals surface area contributed by atoms with Crippen LogP contribution in [-0.4, -0.2) is 6.54 Å². The minimum Gasteiger partial charge on any atom is -0.460 e. The molecular weight excluding hydrogens is 212 g/mol. The molecule has 1 aromatic carbocycles. The van der Waals surface area contributed by atoms with Gasteiger partial charge in [-0.1, -0.05) is 0 Å². The van der Waals surface area contributed by atoms with Gasteiger partial charge in [0, 0.05) is 24.1 Å². The zero-order valence-electron chi connectivity index (χ0n) is 8.59. The molecule has 0 radical (unpaired) electrons. The van der Waals surface area contributed by atoms with E-state index in [0.29, 0.717) is 17.7 Å². The summed E-state index contributed by atoms with van der Waals surface area (Å²) in [7, 11) is 0. The fraction of sp³-hybridized carbons (Fsp3) is 0.333. The first-order valence-corrected chi connectivity index (χ1v) is 5.24. The Morgan fingerprint density at radius 2 is 2.00 bits per heavy atom. The maximum absolute atomic E-state index is 13.4. The average Bonchev–Trinajstić information content (AvgIpc) is 2.93. The first-order valence-electron chi connectivity index (χ1n) is 5.24. The maximum atomic E-state index is 13.4. The molecule has 0 spiro atoms. The van der Waals surface area contributed by atoms with Gasteiger partial charge in [0.05, 0.1) is 5.39 Å². The molecule has 1 aromatic heterocycles. The number of fused-ring (bicyclic) bond motifs is 1. The summed E-state index contributed by atoms with van der Waals surface area (Å²) in [6.07, 6.45) is 1.90. The molecule has 4 heteroatoms. The van der Waals surface area contributed by atoms with E-state index in [9.17, 15) is 8.78 Å². The maximum Gasteiger partial charge on any atom is 0.140 e. The van der Waals surface area contributed by atoms with Crippen LogP contribution in [0.25, 0.3) is 11.0 Å². The highest BCUT2D eigenvalue weighted by Gasteiger charge is 2.46. The van der Waals surface area contributed by atoms with Crippen LogP contribution >= 0.6 is 0 Å². The SMILES string of the molecule is NCC1(c2cc3c(F)cc(F)cc3o2)CC1. The Kier molecular flexibility index (Phi) is 1.86. The molecule has 0 aliphatic heterocycles. The van der Waals surface area contributed by atoms with E-state index >= 15 is 0 Å². The van der Waals surface area contributed by atoms with Crippen molar-refractivity contribution in [3.8, 4) is 0 Å². The van der Waals surface area contributed by atoms with Gasteiger partial charge in [0.2, 0.25) is 0 Å². The van der Waals surface area contributed by atoms with Gasteiger partial charge in [-0.3, -0.25) is 0 Å². The fourth-order valence-corrected chi connectivity index (χ4v) is 2.03. The molecule has 0 amide bonds. The van der Waals surface area contributed by atoms with Crippen LogP contribution < -0.4 is 5.73 Å². The fourth-order valence-electron chi connectivity index (χ4n) is 2.03. The normalized spacial score (nSPS) is 17.9. The summed E-state index contributed by atoms with van der Waals surface area (Å²) in [5.74, 6) is -0.532. The number of hydrogen-bond donors (Lipinski definition) is 1. The first-order chi connectivity index (χ1) is 7.64. The summed E-state index contributed by atoms with van der Waals surface area (Å²) in [6.45, 7) is 0.483. The third-order valence-corrected chi connectivity index (χ3v) is 3.32. The van der Waals surface area contributed by atoms with Gasteiger partial charge >= 0.3 is 0 Å². The van der Waals surface area contributed by atoms with Gasteiger partial charge in [0.15, 0.2) is 0 Å². The highest BCUT2D eigenvalue weighted by atomic mass is 19.1. The molecule has 2 nitrogen and oxygen atoms in total. The van der Waals surface area contributed by atoms with Crippen LogP contribution in [-0.2, 0) is 5.41 Å². The monoisotopic (exact) mass is 223 g/mol. The molecular formula is C12H11F2NO. The Hall–Kier alpha value is -1.42. The molecule has 0 bridgehead atoms. The third-order valence-electron chi connectivity index (χ3n) is 3.32. The Morgan fingerprint density at radius 3 is 2.62 bits per heavy atom. The standard InChI is InChI=1S/C12H11F2NO/c13-7-3-9(14)8-5-11(16-10(8)4-7)12(6-15)1-2-12/h3-5H,1-2,6,15H2. The van der Waals surface area contributed by atoms with Crippen molar-refractivity contribution in [1.82, 2.24) is 0 Å². The van der Waals surface area contributed by atoms with E-state index < -0.39 is 11.6 Å². The van der Waals surface area contributed by atoms with Gasteiger partial charge < -0.3 is 10.2 Å². The molecule has 2 N–H and O–H groups in total. The second-order valence-electron chi connectivity index (χ2n) is 4.39. The zero-order chi connectivity index (χ0) is 11.3. The Morgan fingerprint density at radius 1 is 1.25 bits per heavy atom. The Bertz CT molecular complexity index is 557. The van der Waals surface area contributed by atoms with Gasteiger partial charge in [-0.05, 0) is 18.9 Å². The number of benzene rings is 1. The summed E-state index contributed by atoms with van der Waals surface area (Å²) < 4.78 is 31.9. The number of halogens is 2. The van der Waals surface area contributed by atoms with Crippen molar-refractivity contribution in [2.24, 2.45) is 5.73 Å². The van der Waals surface area contributed by atoms with Gasteiger partial charge in [-0.2, -0.15) is 0 Å². The topological polar surface area (TPSA) is 39.2 Å². The minimum absolute atomic E-state index is 0.137. The quantitative estimate of drug-likeness (QED) is 0.850. The molecule has 84 valence electrons. The van der Waals surface area contributed by atoms with Gasteiger partial charge in [-0.15, -0.1) is 0 Å².